The summed E-state index contributed by atoms with van der Waals surface area (Å²) in [6.07, 6.45) is -0.510. The Balaban J connectivity index is 1.55. The number of aliphatic imine (C=N–C) groups is 1. The Morgan fingerprint density at radius 2 is 1.87 bits per heavy atom. The van der Waals surface area contributed by atoms with E-state index in [4.69, 9.17) is 14.5 Å². The van der Waals surface area contributed by atoms with Crippen molar-refractivity contribution in [1.82, 2.24) is 14.9 Å². The van der Waals surface area contributed by atoms with E-state index in [-0.39, 0.29) is 18.3 Å². The summed E-state index contributed by atoms with van der Waals surface area (Å²) in [7, 11) is 0. The van der Waals surface area contributed by atoms with Crippen LogP contribution in [-0.4, -0.2) is 55.7 Å². The van der Waals surface area contributed by atoms with Crippen LogP contribution < -0.4 is 10.1 Å². The first-order chi connectivity index (χ1) is 17.7. The van der Waals surface area contributed by atoms with Crippen LogP contribution in [0.2, 0.25) is 0 Å². The van der Waals surface area contributed by atoms with Gasteiger partial charge in [-0.05, 0) is 65.7 Å². The molecule has 1 fully saturated rings. The van der Waals surface area contributed by atoms with Gasteiger partial charge in [-0.25, -0.2) is 28.5 Å². The number of benzene rings is 1. The van der Waals surface area contributed by atoms with Crippen molar-refractivity contribution in [3.05, 3.63) is 47.5 Å². The first kappa shape index (κ1) is 25.8. The number of rotatable bonds is 3. The molecular weight excluding hydrogens is 500 g/mol. The van der Waals surface area contributed by atoms with Gasteiger partial charge in [0.25, 0.3) is 18.4 Å². The second-order valence-electron chi connectivity index (χ2n) is 11.3. The van der Waals surface area contributed by atoms with Gasteiger partial charge in [0, 0.05) is 22.2 Å². The predicted octanol–water partition coefficient (Wildman–Crippen LogP) is 4.98. The molecule has 1 saturated carbocycles. The standard InChI is InChI=1S/C26H29F2N5O5/c1-23(2,3)33(22(35)36)21-32-26(13-37-21)15-10-14(6-7-18(15)38-24(4,5)25(26)8-9-25)31-20(34)17-12-29-16(11-30-17)19(27)28/h6-7,10-12,19H,8-9,13H2,1-5H3,(H,31,34)(H,35,36)/t26-/m0/s1. The minimum absolute atomic E-state index is 0.0174. The van der Waals surface area contributed by atoms with Crippen molar-refractivity contribution in [2.24, 2.45) is 10.4 Å². The van der Waals surface area contributed by atoms with Gasteiger partial charge in [-0.1, -0.05) is 0 Å². The number of ether oxygens (including phenoxy) is 2. The van der Waals surface area contributed by atoms with E-state index in [1.54, 1.807) is 39.0 Å². The number of aromatic nitrogens is 2. The van der Waals surface area contributed by atoms with E-state index in [0.29, 0.717) is 17.0 Å². The van der Waals surface area contributed by atoms with E-state index in [0.717, 1.165) is 30.1 Å². The van der Waals surface area contributed by atoms with Crippen LogP contribution in [0.1, 0.15) is 75.6 Å². The first-order valence-electron chi connectivity index (χ1n) is 12.2. The van der Waals surface area contributed by atoms with Gasteiger partial charge in [-0.2, -0.15) is 0 Å². The summed E-state index contributed by atoms with van der Waals surface area (Å²) in [5.74, 6) is -0.0695. The summed E-state index contributed by atoms with van der Waals surface area (Å²) in [6, 6.07) is 5.14. The highest BCUT2D eigenvalue weighted by Gasteiger charge is 2.73. The molecule has 5 rings (SSSR count). The normalized spacial score (nSPS) is 22.4. The zero-order chi connectivity index (χ0) is 27.7. The van der Waals surface area contributed by atoms with Gasteiger partial charge >= 0.3 is 6.09 Å². The zero-order valence-electron chi connectivity index (χ0n) is 21.7. The summed E-state index contributed by atoms with van der Waals surface area (Å²) in [5.41, 5.74) is -2.38. The minimum atomic E-state index is -2.79. The number of hydrogen-bond acceptors (Lipinski definition) is 7. The van der Waals surface area contributed by atoms with Crippen molar-refractivity contribution in [2.45, 2.75) is 70.6 Å². The summed E-state index contributed by atoms with van der Waals surface area (Å²) >= 11 is 0. The van der Waals surface area contributed by atoms with Crippen LogP contribution in [-0.2, 0) is 10.3 Å². The SMILES string of the molecule is CC(C)(C)N(C(=O)O)C1=N[C@@]2(CO1)c1cc(NC(=O)c3cnc(C(F)F)cn3)ccc1OC(C)(C)C21CC1. The number of amides is 2. The molecule has 38 heavy (non-hydrogen) atoms. The molecule has 2 amide bonds. The molecule has 1 aliphatic carbocycles. The van der Waals surface area contributed by atoms with Crippen molar-refractivity contribution < 1.29 is 33.0 Å². The van der Waals surface area contributed by atoms with Crippen molar-refractivity contribution in [3.63, 3.8) is 0 Å². The number of carbonyl (C=O) groups is 2. The van der Waals surface area contributed by atoms with E-state index in [1.165, 1.54) is 0 Å². The highest BCUT2D eigenvalue weighted by molar-refractivity contribution is 6.02. The molecule has 0 radical (unpaired) electrons. The Labute approximate surface area is 218 Å². The van der Waals surface area contributed by atoms with Gasteiger partial charge in [0.05, 0.1) is 12.4 Å². The molecule has 0 bridgehead atoms. The molecule has 202 valence electrons. The molecule has 0 saturated heterocycles. The van der Waals surface area contributed by atoms with Crippen molar-refractivity contribution in [1.29, 1.82) is 0 Å². The van der Waals surface area contributed by atoms with Crippen LogP contribution in [0, 0.1) is 5.41 Å². The summed E-state index contributed by atoms with van der Waals surface area (Å²) < 4.78 is 38.0. The van der Waals surface area contributed by atoms with Crippen LogP contribution >= 0.6 is 0 Å². The molecule has 1 atom stereocenters. The summed E-state index contributed by atoms with van der Waals surface area (Å²) in [4.78, 5) is 38.4. The second kappa shape index (κ2) is 8.34. The highest BCUT2D eigenvalue weighted by Crippen LogP contribution is 2.71. The molecular formula is C26H29F2N5O5. The summed E-state index contributed by atoms with van der Waals surface area (Å²) in [6.45, 7) is 9.38. The van der Waals surface area contributed by atoms with Crippen molar-refractivity contribution in [3.8, 4) is 5.75 Å². The maximum atomic E-state index is 12.8. The molecule has 2 N–H and O–H groups in total. The Bertz CT molecular complexity index is 1330. The quantitative estimate of drug-likeness (QED) is 0.574. The Kier molecular flexibility index (Phi) is 5.66. The number of carbonyl (C=O) groups excluding carboxylic acids is 1. The lowest BCUT2D eigenvalue weighted by atomic mass is 9.66. The van der Waals surface area contributed by atoms with Crippen LogP contribution in [0.3, 0.4) is 0 Å². The lowest BCUT2D eigenvalue weighted by Crippen LogP contribution is -2.55. The fourth-order valence-electron chi connectivity index (χ4n) is 5.60. The Morgan fingerprint density at radius 1 is 1.16 bits per heavy atom. The molecule has 12 heteroatoms. The highest BCUT2D eigenvalue weighted by atomic mass is 19.3. The van der Waals surface area contributed by atoms with Crippen LogP contribution in [0.4, 0.5) is 19.3 Å². The maximum Gasteiger partial charge on any atom is 0.415 e. The molecule has 3 heterocycles. The van der Waals surface area contributed by atoms with Gasteiger partial charge in [0.2, 0.25) is 0 Å². The molecule has 1 aromatic heterocycles. The van der Waals surface area contributed by atoms with E-state index in [2.05, 4.69) is 15.3 Å². The van der Waals surface area contributed by atoms with Crippen LogP contribution in [0.25, 0.3) is 0 Å². The number of nitrogens with zero attached hydrogens (tertiary/aromatic N) is 4. The van der Waals surface area contributed by atoms with Crippen LogP contribution in [0.15, 0.2) is 35.6 Å². The van der Waals surface area contributed by atoms with E-state index in [1.807, 2.05) is 13.8 Å². The molecule has 2 spiro atoms. The molecule has 2 aromatic rings. The van der Waals surface area contributed by atoms with Gasteiger partial charge in [-0.15, -0.1) is 0 Å². The monoisotopic (exact) mass is 529 g/mol. The number of anilines is 1. The van der Waals surface area contributed by atoms with Gasteiger partial charge < -0.3 is 19.9 Å². The fraction of sp³-hybridized carbons (Fsp3) is 0.500. The number of halogens is 2. The number of carboxylic acid groups (broad SMARTS) is 1. The third-order valence-corrected chi connectivity index (χ3v) is 7.62. The lowest BCUT2D eigenvalue weighted by molar-refractivity contribution is -0.0481. The predicted molar refractivity (Wildman–Crippen MR) is 132 cm³/mol. The van der Waals surface area contributed by atoms with Crippen LogP contribution in [0.5, 0.6) is 5.75 Å². The number of hydrogen-bond donors (Lipinski definition) is 2. The van der Waals surface area contributed by atoms with Gasteiger partial charge in [0.15, 0.2) is 0 Å². The van der Waals surface area contributed by atoms with Gasteiger partial charge in [0.1, 0.15) is 34.9 Å². The van der Waals surface area contributed by atoms with Gasteiger partial charge in [-0.3, -0.25) is 9.78 Å². The molecule has 10 nitrogen and oxygen atoms in total. The number of nitrogens with one attached hydrogen (secondary N) is 1. The fourth-order valence-corrected chi connectivity index (χ4v) is 5.60. The zero-order valence-corrected chi connectivity index (χ0v) is 21.7. The minimum Gasteiger partial charge on any atom is -0.487 e. The average molecular weight is 530 g/mol. The lowest BCUT2D eigenvalue weighted by Gasteiger charge is -2.49. The molecule has 2 aliphatic heterocycles. The van der Waals surface area contributed by atoms with Crippen molar-refractivity contribution in [2.75, 3.05) is 11.9 Å². The van der Waals surface area contributed by atoms with E-state index in [9.17, 15) is 23.5 Å². The average Bonchev–Trinajstić information content (AvgIpc) is 3.54. The molecule has 0 unspecified atom stereocenters. The third-order valence-electron chi connectivity index (χ3n) is 7.62. The third kappa shape index (κ3) is 3.84. The maximum absolute atomic E-state index is 12.8. The Hall–Kier alpha value is -3.83. The smallest absolute Gasteiger partial charge is 0.415 e. The largest absolute Gasteiger partial charge is 0.487 e. The molecule has 3 aliphatic rings. The van der Waals surface area contributed by atoms with Crippen molar-refractivity contribution >= 4 is 23.7 Å². The van der Waals surface area contributed by atoms with E-state index < -0.39 is 46.2 Å². The topological polar surface area (TPSA) is 126 Å². The second-order valence-corrected chi connectivity index (χ2v) is 11.3. The Morgan fingerprint density at radius 3 is 2.42 bits per heavy atom. The number of alkyl halides is 2. The summed E-state index contributed by atoms with van der Waals surface area (Å²) in [5, 5.41) is 12.7. The number of amidine groups is 1. The molecule has 1 aromatic carbocycles. The number of fused-ring (bicyclic) bond motifs is 3. The van der Waals surface area contributed by atoms with E-state index >= 15 is 0 Å². The first-order valence-corrected chi connectivity index (χ1v) is 12.2.